The summed E-state index contributed by atoms with van der Waals surface area (Å²) in [5.74, 6) is 2.25. The van der Waals surface area contributed by atoms with Crippen LogP contribution in [0.5, 0.6) is 0 Å². The van der Waals surface area contributed by atoms with Gasteiger partial charge in [-0.25, -0.2) is 4.98 Å². The minimum atomic E-state index is 0.581. The number of aromatic nitrogens is 2. The van der Waals surface area contributed by atoms with Crippen molar-refractivity contribution >= 4 is 29.9 Å². The van der Waals surface area contributed by atoms with Crippen molar-refractivity contribution in [3.8, 4) is 11.1 Å². The van der Waals surface area contributed by atoms with Gasteiger partial charge in [0.25, 0.3) is 0 Å². The smallest absolute Gasteiger partial charge is 0.229 e. The number of nitrogens with one attached hydrogen (secondary N) is 4. The minimum Gasteiger partial charge on any atom is -0.388 e. The summed E-state index contributed by atoms with van der Waals surface area (Å²) in [6, 6.07) is 16.4. The molecule has 4 N–H and O–H groups in total. The third kappa shape index (κ3) is 18.1. The van der Waals surface area contributed by atoms with Gasteiger partial charge in [0.1, 0.15) is 12.6 Å². The second-order valence-electron chi connectivity index (χ2n) is 11.8. The molecule has 4 rings (SSSR count). The van der Waals surface area contributed by atoms with E-state index in [9.17, 15) is 0 Å². The molecular formula is C35H58N6O. The van der Waals surface area contributed by atoms with Gasteiger partial charge in [-0.1, -0.05) is 79.2 Å². The lowest BCUT2D eigenvalue weighted by atomic mass is 10.1. The van der Waals surface area contributed by atoms with Crippen LogP contribution in [0.2, 0.25) is 0 Å². The van der Waals surface area contributed by atoms with Gasteiger partial charge in [0.15, 0.2) is 0 Å². The van der Waals surface area contributed by atoms with E-state index in [2.05, 4.69) is 118 Å². The zero-order chi connectivity index (χ0) is 32.0. The van der Waals surface area contributed by atoms with Crippen LogP contribution in [0, 0.1) is 18.3 Å². The third-order valence-electron chi connectivity index (χ3n) is 5.69. The monoisotopic (exact) mass is 578 g/mol. The van der Waals surface area contributed by atoms with Crippen LogP contribution in [0.3, 0.4) is 0 Å². The number of rotatable bonds is 9. The number of carbonyl (C=O) groups is 1. The van der Waals surface area contributed by atoms with E-state index in [0.29, 0.717) is 5.95 Å². The number of hydrogen-bond donors (Lipinski definition) is 4. The zero-order valence-corrected chi connectivity index (χ0v) is 28.0. The Balaban J connectivity index is 0.000000998. The summed E-state index contributed by atoms with van der Waals surface area (Å²) in [5, 5.41) is 13.1. The van der Waals surface area contributed by atoms with Gasteiger partial charge >= 0.3 is 0 Å². The van der Waals surface area contributed by atoms with Crippen LogP contribution in [0.1, 0.15) is 79.7 Å². The molecule has 0 saturated heterocycles. The molecule has 1 fully saturated rings. The molecule has 0 bridgehead atoms. The topological polar surface area (TPSA) is 91.0 Å². The third-order valence-corrected chi connectivity index (χ3v) is 5.69. The first-order valence-electron chi connectivity index (χ1n) is 15.2. The van der Waals surface area contributed by atoms with Gasteiger partial charge < -0.3 is 26.1 Å². The highest BCUT2D eigenvalue weighted by atomic mass is 16.1. The maximum Gasteiger partial charge on any atom is 0.229 e. The van der Waals surface area contributed by atoms with Crippen LogP contribution in [0.4, 0.5) is 23.1 Å². The van der Waals surface area contributed by atoms with E-state index in [1.807, 2.05) is 39.2 Å². The van der Waals surface area contributed by atoms with Crippen LogP contribution in [-0.2, 0) is 4.79 Å². The quantitative estimate of drug-likeness (QED) is 0.188. The largest absolute Gasteiger partial charge is 0.388 e. The lowest BCUT2D eigenvalue weighted by Gasteiger charge is -2.14. The molecular weight excluding hydrogens is 520 g/mol. The Kier molecular flexibility index (Phi) is 20.4. The maximum atomic E-state index is 8.00. The van der Waals surface area contributed by atoms with Crippen molar-refractivity contribution in [2.75, 3.05) is 43.1 Å². The zero-order valence-electron chi connectivity index (χ0n) is 28.0. The second-order valence-corrected chi connectivity index (χ2v) is 11.8. The molecule has 7 nitrogen and oxygen atoms in total. The van der Waals surface area contributed by atoms with Crippen molar-refractivity contribution in [3.63, 3.8) is 0 Å². The Hall–Kier alpha value is -3.45. The summed E-state index contributed by atoms with van der Waals surface area (Å²) >= 11 is 0. The average molecular weight is 579 g/mol. The summed E-state index contributed by atoms with van der Waals surface area (Å²) < 4.78 is 0. The standard InChI is InChI=1S/C22H28N6.C5H10.C4H10.C3H8.CH2O/c1-16-6-4-7-19(14-16)27-22-26-15-20(17-8-10-18(24-3)11-9-17)21(28-22)25-13-5-12-23-2;1-5(2)3-4-5;1-4(2)3;1-3-2;1-2/h4,6-11,14-15,23-24H,5,12-13H2,1-3H3,(H2,25,26,27,28);3-4H2,1-2H3;4H,1-3H3;3H2,1-2H3;1H2. The van der Waals surface area contributed by atoms with Crippen molar-refractivity contribution in [2.45, 2.75) is 81.1 Å². The van der Waals surface area contributed by atoms with Gasteiger partial charge in [-0.05, 0) is 86.5 Å². The van der Waals surface area contributed by atoms with Crippen molar-refractivity contribution in [1.82, 2.24) is 15.3 Å². The molecule has 0 unspecified atom stereocenters. The maximum absolute atomic E-state index is 8.00. The number of anilines is 4. The molecule has 0 aliphatic heterocycles. The summed E-state index contributed by atoms with van der Waals surface area (Å²) in [5.41, 5.74) is 6.06. The molecule has 1 saturated carbocycles. The molecule has 0 radical (unpaired) electrons. The first-order valence-corrected chi connectivity index (χ1v) is 15.2. The molecule has 0 atom stereocenters. The highest BCUT2D eigenvalue weighted by molar-refractivity contribution is 5.76. The molecule has 0 spiro atoms. The Bertz CT molecular complexity index is 1090. The van der Waals surface area contributed by atoms with Crippen LogP contribution in [-0.4, -0.2) is 43.9 Å². The summed E-state index contributed by atoms with van der Waals surface area (Å²) in [6.07, 6.45) is 7.04. The van der Waals surface area contributed by atoms with Crippen LogP contribution in [0.15, 0.2) is 54.7 Å². The lowest BCUT2D eigenvalue weighted by molar-refractivity contribution is -0.0980. The molecule has 1 aliphatic carbocycles. The Labute approximate surface area is 256 Å². The van der Waals surface area contributed by atoms with E-state index < -0.39 is 0 Å². The number of nitrogens with zero attached hydrogens (tertiary/aromatic N) is 2. The van der Waals surface area contributed by atoms with Gasteiger partial charge in [0.05, 0.1) is 0 Å². The van der Waals surface area contributed by atoms with E-state index >= 15 is 0 Å². The van der Waals surface area contributed by atoms with Crippen LogP contribution < -0.4 is 21.3 Å². The molecule has 42 heavy (non-hydrogen) atoms. The van der Waals surface area contributed by atoms with Crippen LogP contribution >= 0.6 is 0 Å². The van der Waals surface area contributed by atoms with Gasteiger partial charge in [0, 0.05) is 36.7 Å². The van der Waals surface area contributed by atoms with Gasteiger partial charge in [-0.15, -0.1) is 0 Å². The van der Waals surface area contributed by atoms with Gasteiger partial charge in [0.2, 0.25) is 5.95 Å². The Morgan fingerprint density at radius 1 is 0.929 bits per heavy atom. The summed E-state index contributed by atoms with van der Waals surface area (Å²) in [4.78, 5) is 17.3. The fourth-order valence-electron chi connectivity index (χ4n) is 3.18. The summed E-state index contributed by atoms with van der Waals surface area (Å²) in [6.45, 7) is 21.2. The molecule has 0 amide bonds. The fourth-order valence-corrected chi connectivity index (χ4v) is 3.18. The van der Waals surface area contributed by atoms with Crippen molar-refractivity contribution in [2.24, 2.45) is 11.3 Å². The summed E-state index contributed by atoms with van der Waals surface area (Å²) in [7, 11) is 3.88. The van der Waals surface area contributed by atoms with E-state index in [1.54, 1.807) is 0 Å². The first-order chi connectivity index (χ1) is 20.0. The average Bonchev–Trinajstić information content (AvgIpc) is 3.67. The van der Waals surface area contributed by atoms with Crippen LogP contribution in [0.25, 0.3) is 11.1 Å². The van der Waals surface area contributed by atoms with Crippen molar-refractivity contribution in [1.29, 1.82) is 0 Å². The molecule has 1 aromatic heterocycles. The minimum absolute atomic E-state index is 0.581. The number of benzene rings is 2. The van der Waals surface area contributed by atoms with Crippen molar-refractivity contribution in [3.05, 3.63) is 60.3 Å². The second kappa shape index (κ2) is 22.2. The SMILES string of the molecule is C=O.CC(C)C.CC1(C)CC1.CCC.CNCCCNc1nc(Nc2cccc(C)c2)ncc1-c1ccc(NC)cc1. The molecule has 234 valence electrons. The number of carbonyl (C=O) groups excluding carboxylic acids is 1. The fraction of sp³-hybridized carbons (Fsp3) is 0.514. The lowest BCUT2D eigenvalue weighted by Crippen LogP contribution is -2.14. The molecule has 1 heterocycles. The number of aryl methyl sites for hydroxylation is 1. The predicted molar refractivity (Wildman–Crippen MR) is 185 cm³/mol. The first kappa shape index (κ1) is 38.5. The van der Waals surface area contributed by atoms with Crippen molar-refractivity contribution < 1.29 is 4.79 Å². The van der Waals surface area contributed by atoms with Gasteiger partial charge in [-0.3, -0.25) is 0 Å². The van der Waals surface area contributed by atoms with Gasteiger partial charge in [-0.2, -0.15) is 4.98 Å². The van der Waals surface area contributed by atoms with E-state index in [1.165, 1.54) is 24.8 Å². The Morgan fingerprint density at radius 3 is 1.98 bits per heavy atom. The highest BCUT2D eigenvalue weighted by Crippen LogP contribution is 2.43. The number of hydrogen-bond acceptors (Lipinski definition) is 7. The van der Waals surface area contributed by atoms with E-state index in [4.69, 9.17) is 9.78 Å². The Morgan fingerprint density at radius 2 is 1.50 bits per heavy atom. The molecule has 1 aliphatic rings. The normalized spacial score (nSPS) is 12.0. The van der Waals surface area contributed by atoms with E-state index in [-0.39, 0.29) is 0 Å². The predicted octanol–water partition coefficient (Wildman–Crippen LogP) is 8.96. The molecule has 2 aromatic carbocycles. The molecule has 3 aromatic rings. The highest BCUT2D eigenvalue weighted by Gasteiger charge is 2.30. The molecule has 7 heteroatoms. The van der Waals surface area contributed by atoms with E-state index in [0.717, 1.165) is 59.2 Å².